The average molecular weight is 492 g/mol. The molecule has 0 unspecified atom stereocenters. The van der Waals surface area contributed by atoms with Gasteiger partial charge in [0.15, 0.2) is 17.2 Å². The highest BCUT2D eigenvalue weighted by atomic mass is 16.5. The minimum Gasteiger partial charge on any atom is -0.503 e. The van der Waals surface area contributed by atoms with Crippen LogP contribution in [0.5, 0.6) is 23.0 Å². The molecule has 0 fully saturated rings. The Labute approximate surface area is 209 Å². The van der Waals surface area contributed by atoms with Crippen molar-refractivity contribution in [1.82, 2.24) is 15.6 Å². The second-order valence-electron chi connectivity index (χ2n) is 7.85. The van der Waals surface area contributed by atoms with Gasteiger partial charge in [-0.2, -0.15) is 0 Å². The van der Waals surface area contributed by atoms with Gasteiger partial charge in [-0.05, 0) is 49.2 Å². The first-order valence-corrected chi connectivity index (χ1v) is 11.1. The number of allylic oxidation sites excluding steroid dienone is 1. The molecule has 0 spiro atoms. The van der Waals surface area contributed by atoms with Crippen LogP contribution >= 0.6 is 0 Å². The fourth-order valence-electron chi connectivity index (χ4n) is 3.57. The zero-order valence-electron chi connectivity index (χ0n) is 20.8. The predicted molar refractivity (Wildman–Crippen MR) is 135 cm³/mol. The molecule has 36 heavy (non-hydrogen) atoms. The highest BCUT2D eigenvalue weighted by Gasteiger charge is 2.22. The highest BCUT2D eigenvalue weighted by Crippen LogP contribution is 2.29. The van der Waals surface area contributed by atoms with Crippen molar-refractivity contribution in [2.45, 2.75) is 19.9 Å². The SMILES string of the molecule is COc1ccc(C(=C(C)NC(=O)[C@H](C)NC(=O)c2nccc(OC)c2O)c2ccc(OC)cc2)cc1. The van der Waals surface area contributed by atoms with Crippen LogP contribution in [0.3, 0.4) is 0 Å². The summed E-state index contributed by atoms with van der Waals surface area (Å²) >= 11 is 0. The van der Waals surface area contributed by atoms with E-state index in [0.29, 0.717) is 17.2 Å². The van der Waals surface area contributed by atoms with Gasteiger partial charge in [-0.3, -0.25) is 9.59 Å². The van der Waals surface area contributed by atoms with E-state index in [2.05, 4.69) is 15.6 Å². The number of hydrogen-bond acceptors (Lipinski definition) is 7. The number of methoxy groups -OCH3 is 3. The number of amides is 2. The molecule has 9 heteroatoms. The second-order valence-corrected chi connectivity index (χ2v) is 7.85. The van der Waals surface area contributed by atoms with E-state index >= 15 is 0 Å². The lowest BCUT2D eigenvalue weighted by Crippen LogP contribution is -2.44. The lowest BCUT2D eigenvalue weighted by Gasteiger charge is -2.18. The van der Waals surface area contributed by atoms with Crippen molar-refractivity contribution < 1.29 is 28.9 Å². The maximum Gasteiger partial charge on any atom is 0.274 e. The molecule has 2 aromatic carbocycles. The van der Waals surface area contributed by atoms with Gasteiger partial charge < -0.3 is 30.0 Å². The van der Waals surface area contributed by atoms with E-state index in [9.17, 15) is 14.7 Å². The topological polar surface area (TPSA) is 119 Å². The molecule has 0 bridgehead atoms. The molecule has 3 N–H and O–H groups in total. The molecule has 0 radical (unpaired) electrons. The van der Waals surface area contributed by atoms with Crippen LogP contribution in [0.4, 0.5) is 0 Å². The zero-order chi connectivity index (χ0) is 26.2. The van der Waals surface area contributed by atoms with Crippen molar-refractivity contribution >= 4 is 17.4 Å². The van der Waals surface area contributed by atoms with E-state index < -0.39 is 23.6 Å². The summed E-state index contributed by atoms with van der Waals surface area (Å²) in [6.07, 6.45) is 1.33. The van der Waals surface area contributed by atoms with Crippen molar-refractivity contribution in [3.05, 3.63) is 83.3 Å². The number of nitrogens with one attached hydrogen (secondary N) is 2. The molecular weight excluding hydrogens is 462 g/mol. The number of pyridine rings is 1. The number of hydrogen-bond donors (Lipinski definition) is 3. The van der Waals surface area contributed by atoms with E-state index in [1.54, 1.807) is 21.1 Å². The molecule has 3 rings (SSSR count). The van der Waals surface area contributed by atoms with E-state index in [4.69, 9.17) is 14.2 Å². The molecule has 188 valence electrons. The van der Waals surface area contributed by atoms with Crippen LogP contribution in [0.25, 0.3) is 5.57 Å². The predicted octanol–water partition coefficient (Wildman–Crippen LogP) is 3.53. The van der Waals surface area contributed by atoms with Gasteiger partial charge in [0.25, 0.3) is 5.91 Å². The molecule has 1 aromatic heterocycles. The molecule has 0 saturated heterocycles. The van der Waals surface area contributed by atoms with E-state index in [1.807, 2.05) is 48.5 Å². The van der Waals surface area contributed by atoms with Gasteiger partial charge in [-0.1, -0.05) is 24.3 Å². The van der Waals surface area contributed by atoms with Crippen LogP contribution < -0.4 is 24.8 Å². The largest absolute Gasteiger partial charge is 0.503 e. The van der Waals surface area contributed by atoms with Crippen LogP contribution in [-0.4, -0.2) is 49.3 Å². The molecule has 9 nitrogen and oxygen atoms in total. The quantitative estimate of drug-likeness (QED) is 0.419. The smallest absolute Gasteiger partial charge is 0.274 e. The summed E-state index contributed by atoms with van der Waals surface area (Å²) in [5, 5.41) is 15.6. The number of ether oxygens (including phenoxy) is 3. The summed E-state index contributed by atoms with van der Waals surface area (Å²) < 4.78 is 15.5. The summed E-state index contributed by atoms with van der Waals surface area (Å²) in [6, 6.07) is 15.5. The lowest BCUT2D eigenvalue weighted by molar-refractivity contribution is -0.121. The van der Waals surface area contributed by atoms with Crippen LogP contribution in [-0.2, 0) is 4.79 Å². The Balaban J connectivity index is 1.86. The van der Waals surface area contributed by atoms with E-state index in [0.717, 1.165) is 16.7 Å². The number of aromatic nitrogens is 1. The second kappa shape index (κ2) is 11.7. The number of nitrogens with zero attached hydrogens (tertiary/aromatic N) is 1. The zero-order valence-corrected chi connectivity index (χ0v) is 20.8. The fourth-order valence-corrected chi connectivity index (χ4v) is 3.57. The Morgan fingerprint density at radius 1 is 0.861 bits per heavy atom. The summed E-state index contributed by atoms with van der Waals surface area (Å²) in [5.41, 5.74) is 2.86. The molecule has 0 aliphatic carbocycles. The molecule has 0 aliphatic heterocycles. The lowest BCUT2D eigenvalue weighted by atomic mass is 9.95. The van der Waals surface area contributed by atoms with Crippen molar-refractivity contribution in [2.75, 3.05) is 21.3 Å². The first-order valence-electron chi connectivity index (χ1n) is 11.1. The van der Waals surface area contributed by atoms with Crippen LogP contribution in [0.15, 0.2) is 66.5 Å². The third-order valence-corrected chi connectivity index (χ3v) is 5.51. The fraction of sp³-hybridized carbons (Fsp3) is 0.222. The van der Waals surface area contributed by atoms with Gasteiger partial charge in [0, 0.05) is 23.5 Å². The van der Waals surface area contributed by atoms with E-state index in [1.165, 1.54) is 26.3 Å². The minimum absolute atomic E-state index is 0.106. The van der Waals surface area contributed by atoms with Gasteiger partial charge in [0.2, 0.25) is 5.91 Å². The first kappa shape index (κ1) is 26.1. The number of rotatable bonds is 9. The maximum atomic E-state index is 13.0. The first-order chi connectivity index (χ1) is 17.3. The third-order valence-electron chi connectivity index (χ3n) is 5.51. The summed E-state index contributed by atoms with van der Waals surface area (Å²) in [7, 11) is 4.56. The van der Waals surface area contributed by atoms with Crippen molar-refractivity contribution in [3.63, 3.8) is 0 Å². The number of carbonyl (C=O) groups is 2. The monoisotopic (exact) mass is 491 g/mol. The molecule has 0 aliphatic rings. The average Bonchev–Trinajstić information content (AvgIpc) is 2.89. The molecule has 1 atom stereocenters. The van der Waals surface area contributed by atoms with E-state index in [-0.39, 0.29) is 11.4 Å². The molecule has 1 heterocycles. The highest BCUT2D eigenvalue weighted by molar-refractivity contribution is 5.99. The van der Waals surface area contributed by atoms with Crippen LogP contribution in [0, 0.1) is 0 Å². The normalized spacial score (nSPS) is 11.1. The van der Waals surface area contributed by atoms with Crippen molar-refractivity contribution in [1.29, 1.82) is 0 Å². The van der Waals surface area contributed by atoms with Crippen LogP contribution in [0.1, 0.15) is 35.5 Å². The Bertz CT molecular complexity index is 1200. The Hall–Kier alpha value is -4.53. The van der Waals surface area contributed by atoms with Crippen LogP contribution in [0.2, 0.25) is 0 Å². The molecule has 2 amide bonds. The third kappa shape index (κ3) is 5.93. The number of benzene rings is 2. The van der Waals surface area contributed by atoms with Gasteiger partial charge in [-0.15, -0.1) is 0 Å². The Morgan fingerprint density at radius 3 is 1.86 bits per heavy atom. The number of aromatic hydroxyl groups is 1. The van der Waals surface area contributed by atoms with Gasteiger partial charge in [0.1, 0.15) is 17.5 Å². The standard InChI is InChI=1S/C27H29N3O6/c1-16(29-26(32)17(2)30-27(33)24-25(31)22(36-5)14-15-28-24)23(18-6-10-20(34-3)11-7-18)19-8-12-21(35-4)13-9-19/h6-15,17,31H,1-5H3,(H,29,32)(H,30,33)/t17-/m0/s1. The summed E-state index contributed by atoms with van der Waals surface area (Å²) in [4.78, 5) is 29.5. The van der Waals surface area contributed by atoms with Crippen molar-refractivity contribution in [3.8, 4) is 23.0 Å². The van der Waals surface area contributed by atoms with Gasteiger partial charge in [-0.25, -0.2) is 4.98 Å². The Kier molecular flexibility index (Phi) is 8.51. The molecular formula is C27H29N3O6. The van der Waals surface area contributed by atoms with Gasteiger partial charge in [0.05, 0.1) is 21.3 Å². The van der Waals surface area contributed by atoms with Gasteiger partial charge >= 0.3 is 0 Å². The maximum absolute atomic E-state index is 13.0. The Morgan fingerprint density at radius 2 is 1.39 bits per heavy atom. The minimum atomic E-state index is -0.923. The summed E-state index contributed by atoms with van der Waals surface area (Å²) in [5.74, 6) is -0.0263. The molecule has 0 saturated carbocycles. The van der Waals surface area contributed by atoms with Crippen molar-refractivity contribution in [2.24, 2.45) is 0 Å². The summed E-state index contributed by atoms with van der Waals surface area (Å²) in [6.45, 7) is 3.32. The number of carbonyl (C=O) groups excluding carboxylic acids is 2. The molecule has 3 aromatic rings.